The van der Waals surface area contributed by atoms with E-state index >= 15 is 0 Å². The molecule has 0 aliphatic carbocycles. The van der Waals surface area contributed by atoms with Crippen LogP contribution in [0.2, 0.25) is 0 Å². The lowest BCUT2D eigenvalue weighted by Gasteiger charge is -2.27. The van der Waals surface area contributed by atoms with Crippen molar-refractivity contribution in [2.45, 2.75) is 25.6 Å². The molecule has 3 nitrogen and oxygen atoms in total. The SMILES string of the molecule is CC(C)(CO)Nc1ccc(N)cc1C(F)(F)F. The zero-order valence-electron chi connectivity index (χ0n) is 9.60. The molecule has 0 aliphatic heterocycles. The van der Waals surface area contributed by atoms with Crippen LogP contribution in [0.4, 0.5) is 24.5 Å². The highest BCUT2D eigenvalue weighted by atomic mass is 19.4. The average molecular weight is 248 g/mol. The van der Waals surface area contributed by atoms with Gasteiger partial charge in [-0.25, -0.2) is 0 Å². The Labute approximate surface area is 97.4 Å². The van der Waals surface area contributed by atoms with Crippen molar-refractivity contribution in [2.24, 2.45) is 0 Å². The second-order valence-electron chi connectivity index (χ2n) is 4.47. The van der Waals surface area contributed by atoms with Gasteiger partial charge in [-0.05, 0) is 32.0 Å². The molecule has 96 valence electrons. The molecule has 0 heterocycles. The van der Waals surface area contributed by atoms with Gasteiger partial charge in [0.25, 0.3) is 0 Å². The van der Waals surface area contributed by atoms with Crippen LogP contribution in [0.25, 0.3) is 0 Å². The van der Waals surface area contributed by atoms with Gasteiger partial charge in [0.15, 0.2) is 0 Å². The molecule has 0 unspecified atom stereocenters. The average Bonchev–Trinajstić information content (AvgIpc) is 2.19. The third kappa shape index (κ3) is 3.52. The minimum Gasteiger partial charge on any atom is -0.399 e. The lowest BCUT2D eigenvalue weighted by atomic mass is 10.0. The molecule has 1 rings (SSSR count). The van der Waals surface area contributed by atoms with Crippen LogP contribution in [0.15, 0.2) is 18.2 Å². The molecule has 0 spiro atoms. The molecule has 6 heteroatoms. The number of hydrogen-bond acceptors (Lipinski definition) is 3. The molecule has 0 aliphatic rings. The summed E-state index contributed by atoms with van der Waals surface area (Å²) < 4.78 is 38.2. The Morgan fingerprint density at radius 2 is 1.88 bits per heavy atom. The molecular weight excluding hydrogens is 233 g/mol. The third-order valence-electron chi connectivity index (χ3n) is 2.22. The minimum absolute atomic E-state index is 0.0460. The smallest absolute Gasteiger partial charge is 0.399 e. The van der Waals surface area contributed by atoms with E-state index in [9.17, 15) is 13.2 Å². The van der Waals surface area contributed by atoms with E-state index in [2.05, 4.69) is 5.32 Å². The van der Waals surface area contributed by atoms with Gasteiger partial charge in [-0.2, -0.15) is 13.2 Å². The van der Waals surface area contributed by atoms with Crippen molar-refractivity contribution in [3.63, 3.8) is 0 Å². The molecule has 4 N–H and O–H groups in total. The highest BCUT2D eigenvalue weighted by molar-refractivity contribution is 5.60. The van der Waals surface area contributed by atoms with Gasteiger partial charge < -0.3 is 16.2 Å². The molecule has 0 bridgehead atoms. The topological polar surface area (TPSA) is 58.3 Å². The molecule has 0 fully saturated rings. The van der Waals surface area contributed by atoms with Gasteiger partial charge >= 0.3 is 6.18 Å². The summed E-state index contributed by atoms with van der Waals surface area (Å²) in [6.45, 7) is 2.92. The van der Waals surface area contributed by atoms with Crippen molar-refractivity contribution in [3.05, 3.63) is 23.8 Å². The van der Waals surface area contributed by atoms with E-state index in [1.807, 2.05) is 0 Å². The number of benzene rings is 1. The lowest BCUT2D eigenvalue weighted by Crippen LogP contribution is -2.35. The standard InChI is InChI=1S/C11H15F3N2O/c1-10(2,6-17)16-9-4-3-7(15)5-8(9)11(12,13)14/h3-5,16-17H,6,15H2,1-2H3. The first-order chi connectivity index (χ1) is 7.65. The second-order valence-corrected chi connectivity index (χ2v) is 4.47. The number of aliphatic hydroxyl groups is 1. The number of alkyl halides is 3. The summed E-state index contributed by atoms with van der Waals surface area (Å²) in [6.07, 6.45) is -4.48. The van der Waals surface area contributed by atoms with Crippen molar-refractivity contribution in [3.8, 4) is 0 Å². The molecular formula is C11H15F3N2O. The lowest BCUT2D eigenvalue weighted by molar-refractivity contribution is -0.137. The van der Waals surface area contributed by atoms with Crippen LogP contribution in [-0.2, 0) is 6.18 Å². The maximum absolute atomic E-state index is 12.7. The van der Waals surface area contributed by atoms with E-state index < -0.39 is 17.3 Å². The van der Waals surface area contributed by atoms with Crippen LogP contribution < -0.4 is 11.1 Å². The Bertz CT molecular complexity index is 402. The van der Waals surface area contributed by atoms with Crippen molar-refractivity contribution in [2.75, 3.05) is 17.7 Å². The molecule has 1 aromatic carbocycles. The van der Waals surface area contributed by atoms with Crippen LogP contribution in [0.5, 0.6) is 0 Å². The zero-order valence-corrected chi connectivity index (χ0v) is 9.60. The summed E-state index contributed by atoms with van der Waals surface area (Å²) in [4.78, 5) is 0. The Morgan fingerprint density at radius 1 is 1.29 bits per heavy atom. The number of hydrogen-bond donors (Lipinski definition) is 3. The fourth-order valence-corrected chi connectivity index (χ4v) is 1.31. The van der Waals surface area contributed by atoms with E-state index in [1.165, 1.54) is 12.1 Å². The monoisotopic (exact) mass is 248 g/mol. The van der Waals surface area contributed by atoms with E-state index in [4.69, 9.17) is 10.8 Å². The van der Waals surface area contributed by atoms with Gasteiger partial charge in [0.2, 0.25) is 0 Å². The summed E-state index contributed by atoms with van der Waals surface area (Å²) in [7, 11) is 0. The van der Waals surface area contributed by atoms with Gasteiger partial charge in [0, 0.05) is 11.4 Å². The van der Waals surface area contributed by atoms with Crippen molar-refractivity contribution in [1.82, 2.24) is 0 Å². The molecule has 1 aromatic rings. The summed E-state index contributed by atoms with van der Waals surface area (Å²) in [5, 5.41) is 11.7. The van der Waals surface area contributed by atoms with Gasteiger partial charge in [-0.15, -0.1) is 0 Å². The third-order valence-corrected chi connectivity index (χ3v) is 2.22. The first-order valence-electron chi connectivity index (χ1n) is 5.01. The highest BCUT2D eigenvalue weighted by Crippen LogP contribution is 2.36. The van der Waals surface area contributed by atoms with Gasteiger partial charge in [0.05, 0.1) is 17.7 Å². The van der Waals surface area contributed by atoms with Crippen LogP contribution in [-0.4, -0.2) is 17.3 Å². The maximum Gasteiger partial charge on any atom is 0.418 e. The summed E-state index contributed by atoms with van der Waals surface area (Å²) in [6, 6.07) is 3.51. The number of nitrogens with two attached hydrogens (primary N) is 1. The number of rotatable bonds is 3. The van der Waals surface area contributed by atoms with Crippen LogP contribution in [0.1, 0.15) is 19.4 Å². The number of aliphatic hydroxyl groups excluding tert-OH is 1. The summed E-state index contributed by atoms with van der Waals surface area (Å²) >= 11 is 0. The predicted molar refractivity (Wildman–Crippen MR) is 60.6 cm³/mol. The van der Waals surface area contributed by atoms with Crippen molar-refractivity contribution in [1.29, 1.82) is 0 Å². The van der Waals surface area contributed by atoms with Crippen LogP contribution >= 0.6 is 0 Å². The normalized spacial score (nSPS) is 12.6. The fraction of sp³-hybridized carbons (Fsp3) is 0.455. The number of nitrogen functional groups attached to an aromatic ring is 1. The van der Waals surface area contributed by atoms with E-state index in [1.54, 1.807) is 13.8 Å². The fourth-order valence-electron chi connectivity index (χ4n) is 1.31. The molecule has 0 radical (unpaired) electrons. The molecule has 0 atom stereocenters. The first-order valence-corrected chi connectivity index (χ1v) is 5.01. The Kier molecular flexibility index (Phi) is 3.56. The molecule has 0 saturated heterocycles. The molecule has 0 amide bonds. The van der Waals surface area contributed by atoms with Crippen molar-refractivity contribution < 1.29 is 18.3 Å². The Balaban J connectivity index is 3.16. The van der Waals surface area contributed by atoms with E-state index in [0.29, 0.717) is 0 Å². The van der Waals surface area contributed by atoms with E-state index in [0.717, 1.165) is 6.07 Å². The van der Waals surface area contributed by atoms with Crippen LogP contribution in [0.3, 0.4) is 0 Å². The summed E-state index contributed by atoms with van der Waals surface area (Å²) in [5.41, 5.74) is 3.63. The Morgan fingerprint density at radius 3 is 2.35 bits per heavy atom. The largest absolute Gasteiger partial charge is 0.418 e. The second kappa shape index (κ2) is 4.44. The first kappa shape index (κ1) is 13.6. The van der Waals surface area contributed by atoms with E-state index in [-0.39, 0.29) is 18.0 Å². The molecule has 0 saturated carbocycles. The summed E-state index contributed by atoms with van der Waals surface area (Å²) in [5.74, 6) is 0. The molecule has 17 heavy (non-hydrogen) atoms. The molecule has 0 aromatic heterocycles. The van der Waals surface area contributed by atoms with Gasteiger partial charge in [0.1, 0.15) is 0 Å². The quantitative estimate of drug-likeness (QED) is 0.720. The van der Waals surface area contributed by atoms with Crippen molar-refractivity contribution >= 4 is 11.4 Å². The number of anilines is 2. The highest BCUT2D eigenvalue weighted by Gasteiger charge is 2.34. The van der Waals surface area contributed by atoms with Crippen LogP contribution in [0, 0.1) is 0 Å². The van der Waals surface area contributed by atoms with Gasteiger partial charge in [-0.1, -0.05) is 0 Å². The maximum atomic E-state index is 12.7. The number of halogens is 3. The predicted octanol–water partition coefficient (Wildman–Crippen LogP) is 2.47. The number of nitrogens with one attached hydrogen (secondary N) is 1. The zero-order chi connectivity index (χ0) is 13.3. The minimum atomic E-state index is -4.48. The van der Waals surface area contributed by atoms with Gasteiger partial charge in [-0.3, -0.25) is 0 Å². The Hall–Kier alpha value is -1.43.